The Morgan fingerprint density at radius 2 is 0.483 bits per heavy atom. The fourth-order valence-corrected chi connectivity index (χ4v) is 17.7. The molecule has 6 heterocycles. The predicted octanol–water partition coefficient (Wildman–Crippen LogP) is 31.6. The van der Waals surface area contributed by atoms with E-state index in [1.165, 1.54) is 5.56 Å². The third-order valence-corrected chi connectivity index (χ3v) is 23.0. The van der Waals surface area contributed by atoms with Gasteiger partial charge in [0.05, 0.1) is 17.1 Å². The number of fused-ring (bicyclic) bond motifs is 20. The standard InChI is InChI=1S/2C54H33NO3/c1-2-12-34(13-3-1)35-24-28-37(29-25-35)55(38-30-26-36(27-31-38)39-17-10-18-43-40-14-4-7-21-48(40)56-52(39)43)47-33-32-42(51-46-16-6-9-23-50(46)58-54(47)51)45-20-11-19-44-41-15-5-8-22-49(41)57-53(44)45;1-2-14-34(15-3-1)35-28-30-36(31-29-35)55(46-24-13-23-42-38-17-5-4-16-37(38)39-18-6-9-25-48(39)57-53(42)46)47-33-32-41(51-45-20-8-11-27-50(45)58-54(47)51)44-22-12-21-43-40-19-7-10-26-49(40)56-52(43)44/h2*1-33H. The molecule has 0 unspecified atom stereocenters. The van der Waals surface area contributed by atoms with E-state index in [0.29, 0.717) is 0 Å². The number of anilines is 6. The molecule has 24 rings (SSSR count). The fraction of sp³-hybridized carbons (Fsp3) is 0. The van der Waals surface area contributed by atoms with E-state index >= 15 is 0 Å². The molecule has 1 aliphatic rings. The molecule has 0 radical (unpaired) electrons. The third-order valence-electron chi connectivity index (χ3n) is 23.0. The van der Waals surface area contributed by atoms with Gasteiger partial charge in [0.15, 0.2) is 16.9 Å². The van der Waals surface area contributed by atoms with Crippen molar-refractivity contribution in [3.05, 3.63) is 400 Å². The highest BCUT2D eigenvalue weighted by atomic mass is 16.5. The predicted molar refractivity (Wildman–Crippen MR) is 477 cm³/mol. The quantitative estimate of drug-likeness (QED) is 0.127. The summed E-state index contributed by atoms with van der Waals surface area (Å²) >= 11 is 0. The smallest absolute Gasteiger partial charge is 0.160 e. The molecule has 8 nitrogen and oxygen atoms in total. The lowest BCUT2D eigenvalue weighted by Gasteiger charge is -2.28. The van der Waals surface area contributed by atoms with Crippen LogP contribution in [0.1, 0.15) is 0 Å². The molecule has 5 aromatic heterocycles. The van der Waals surface area contributed by atoms with Crippen molar-refractivity contribution in [1.29, 1.82) is 0 Å². The van der Waals surface area contributed by atoms with Crippen LogP contribution >= 0.6 is 0 Å². The number of nitrogens with zero attached hydrogens (tertiary/aromatic N) is 2. The van der Waals surface area contributed by atoms with Crippen molar-refractivity contribution in [2.75, 3.05) is 9.80 Å². The van der Waals surface area contributed by atoms with Crippen LogP contribution in [0.2, 0.25) is 0 Å². The van der Waals surface area contributed by atoms with Crippen molar-refractivity contribution in [1.82, 2.24) is 0 Å². The van der Waals surface area contributed by atoms with Gasteiger partial charge < -0.3 is 36.6 Å². The van der Waals surface area contributed by atoms with E-state index in [4.69, 9.17) is 26.8 Å². The molecule has 0 amide bonds. The lowest BCUT2D eigenvalue weighted by molar-refractivity contribution is 0.489. The number of rotatable bonds is 11. The summed E-state index contributed by atoms with van der Waals surface area (Å²) in [6.07, 6.45) is 0. The molecule has 0 aliphatic carbocycles. The monoisotopic (exact) mass is 1490 g/mol. The topological polar surface area (TPSA) is 81.4 Å². The van der Waals surface area contributed by atoms with E-state index in [0.717, 1.165) is 228 Å². The van der Waals surface area contributed by atoms with E-state index in [1.807, 2.05) is 60.7 Å². The molecule has 1 aliphatic heterocycles. The van der Waals surface area contributed by atoms with Crippen LogP contribution in [0, 0.1) is 0 Å². The second kappa shape index (κ2) is 27.1. The van der Waals surface area contributed by atoms with Crippen molar-refractivity contribution < 1.29 is 26.8 Å². The normalized spacial score (nSPS) is 11.9. The number of furan rings is 5. The first-order valence-electron chi connectivity index (χ1n) is 39.2. The second-order valence-corrected chi connectivity index (χ2v) is 29.6. The molecule has 0 fully saturated rings. The van der Waals surface area contributed by atoms with Gasteiger partial charge in [-0.2, -0.15) is 0 Å². The largest absolute Gasteiger partial charge is 0.455 e. The number of hydrogen-bond acceptors (Lipinski definition) is 8. The summed E-state index contributed by atoms with van der Waals surface area (Å²) in [4.78, 5) is 4.59. The van der Waals surface area contributed by atoms with E-state index < -0.39 is 0 Å². The molecule has 18 aromatic carbocycles. The summed E-state index contributed by atoms with van der Waals surface area (Å²) in [5, 5.41) is 10.8. The van der Waals surface area contributed by atoms with Crippen LogP contribution in [0.4, 0.5) is 34.1 Å². The Balaban J connectivity index is 0.000000137. The van der Waals surface area contributed by atoms with Gasteiger partial charge in [0.25, 0.3) is 0 Å². The minimum absolute atomic E-state index is 0.769. The molecule has 23 aromatic rings. The first-order chi connectivity index (χ1) is 57.5. The second-order valence-electron chi connectivity index (χ2n) is 29.6. The molecule has 0 bridgehead atoms. The maximum absolute atomic E-state index is 7.09. The molecular formula is C108H66N2O6. The zero-order chi connectivity index (χ0) is 76.3. The summed E-state index contributed by atoms with van der Waals surface area (Å²) in [6, 6.07) is 140. The van der Waals surface area contributed by atoms with Crippen molar-refractivity contribution in [2.24, 2.45) is 0 Å². The maximum Gasteiger partial charge on any atom is 0.160 e. The average molecular weight is 1490 g/mol. The molecule has 116 heavy (non-hydrogen) atoms. The Labute approximate surface area is 666 Å². The van der Waals surface area contributed by atoms with Crippen LogP contribution in [0.5, 0.6) is 11.5 Å². The van der Waals surface area contributed by atoms with Crippen LogP contribution in [0.25, 0.3) is 188 Å². The Morgan fingerprint density at radius 3 is 0.966 bits per heavy atom. The first-order valence-corrected chi connectivity index (χ1v) is 39.2. The van der Waals surface area contributed by atoms with Crippen molar-refractivity contribution in [3.63, 3.8) is 0 Å². The Morgan fingerprint density at radius 1 is 0.164 bits per heavy atom. The highest BCUT2D eigenvalue weighted by Gasteiger charge is 2.31. The number of ether oxygens (including phenoxy) is 1. The molecule has 0 spiro atoms. The summed E-state index contributed by atoms with van der Waals surface area (Å²) in [5.41, 5.74) is 29.4. The fourth-order valence-electron chi connectivity index (χ4n) is 17.7. The highest BCUT2D eigenvalue weighted by molar-refractivity contribution is 6.22. The summed E-state index contributed by atoms with van der Waals surface area (Å²) in [6.45, 7) is 0. The van der Waals surface area contributed by atoms with Gasteiger partial charge in [0.1, 0.15) is 50.4 Å². The number of para-hydroxylation sites is 10. The zero-order valence-electron chi connectivity index (χ0n) is 62.4. The van der Waals surface area contributed by atoms with E-state index in [-0.39, 0.29) is 0 Å². The number of hydrogen-bond donors (Lipinski definition) is 0. The molecule has 0 N–H and O–H groups in total. The van der Waals surface area contributed by atoms with Crippen molar-refractivity contribution in [2.45, 2.75) is 0 Å². The Hall–Kier alpha value is -15.6. The average Bonchev–Trinajstić information content (AvgIpc) is 1.53. The van der Waals surface area contributed by atoms with Gasteiger partial charge in [-0.1, -0.05) is 309 Å². The highest BCUT2D eigenvalue weighted by Crippen LogP contribution is 2.56. The summed E-state index contributed by atoms with van der Waals surface area (Å²) in [7, 11) is 0. The van der Waals surface area contributed by atoms with Gasteiger partial charge >= 0.3 is 0 Å². The minimum Gasteiger partial charge on any atom is -0.455 e. The molecule has 0 saturated carbocycles. The molecular weight excluding hydrogens is 1420 g/mol. The summed E-state index contributed by atoms with van der Waals surface area (Å²) < 4.78 is 40.6. The SMILES string of the molecule is c1ccc(-c2ccc(N(c3ccc(-c4cccc5c4oc4ccccc45)cc3)c3ccc(-c4cccc5c4oc4ccccc45)c4c3oc3ccccc34)cc2)cc1.c1ccc(-c2ccc(N(c3cccc4c3Oc3ccccc3-c3ccccc3-4)c3ccc(-c4cccc5c4oc4ccccc45)c4c3oc3ccccc34)cc2)cc1. The van der Waals surface area contributed by atoms with Crippen LogP contribution in [0.3, 0.4) is 0 Å². The lowest BCUT2D eigenvalue weighted by Crippen LogP contribution is -2.12. The minimum atomic E-state index is 0.769. The summed E-state index contributed by atoms with van der Waals surface area (Å²) in [5.74, 6) is 1.58. The first kappa shape index (κ1) is 66.2. The van der Waals surface area contributed by atoms with E-state index in [1.54, 1.807) is 0 Å². The molecule has 544 valence electrons. The van der Waals surface area contributed by atoms with Gasteiger partial charge in [-0.15, -0.1) is 0 Å². The van der Waals surface area contributed by atoms with Crippen LogP contribution in [0.15, 0.2) is 422 Å². The van der Waals surface area contributed by atoms with Gasteiger partial charge in [0.2, 0.25) is 0 Å². The number of benzene rings is 18. The third kappa shape index (κ3) is 10.8. The molecule has 0 saturated heterocycles. The molecule has 0 atom stereocenters. The van der Waals surface area contributed by atoms with Crippen LogP contribution < -0.4 is 14.5 Å². The van der Waals surface area contributed by atoms with Crippen LogP contribution in [-0.2, 0) is 0 Å². The van der Waals surface area contributed by atoms with E-state index in [2.05, 4.69) is 350 Å². The van der Waals surface area contributed by atoms with Gasteiger partial charge in [-0.25, -0.2) is 0 Å². The Bertz CT molecular complexity index is 7800. The van der Waals surface area contributed by atoms with Gasteiger partial charge in [-0.05, 0) is 141 Å². The van der Waals surface area contributed by atoms with Gasteiger partial charge in [-0.3, -0.25) is 0 Å². The zero-order valence-corrected chi connectivity index (χ0v) is 62.4. The molecule has 8 heteroatoms. The Kier molecular flexibility index (Phi) is 15.5. The van der Waals surface area contributed by atoms with Crippen molar-refractivity contribution >= 4 is 144 Å². The van der Waals surface area contributed by atoms with E-state index in [9.17, 15) is 0 Å². The van der Waals surface area contributed by atoms with Crippen molar-refractivity contribution in [3.8, 4) is 89.4 Å². The maximum atomic E-state index is 7.09. The van der Waals surface area contributed by atoms with Gasteiger partial charge in [0, 0.05) is 98.7 Å². The van der Waals surface area contributed by atoms with Crippen LogP contribution in [-0.4, -0.2) is 0 Å². The lowest BCUT2D eigenvalue weighted by atomic mass is 9.94.